The number of carboxylic acids is 1. The standard InChI is InChI=1S/C23H24F4N4O5/c1-22(2,3)36-21(35)31-11-14(24)8-18(31)30-19(32)7-13-6-16(28-10-15(13)20(33)34)12-4-5-17(29-9-12)23(25,26)27/h4-6,9-10,14,18H,7-8,11H2,1-3H3,(H,30,32)(H,33,34)/t14-,18+/m1/s1. The average Bonchev–Trinajstić information content (AvgIpc) is 3.11. The Kier molecular flexibility index (Phi) is 7.51. The summed E-state index contributed by atoms with van der Waals surface area (Å²) in [6.07, 6.45) is -6.55. The van der Waals surface area contributed by atoms with Gasteiger partial charge in [0.1, 0.15) is 23.6 Å². The molecule has 36 heavy (non-hydrogen) atoms. The van der Waals surface area contributed by atoms with Crippen molar-refractivity contribution < 1.29 is 41.8 Å². The number of hydrogen-bond donors (Lipinski definition) is 2. The molecule has 1 saturated heterocycles. The van der Waals surface area contributed by atoms with E-state index in [1.54, 1.807) is 20.8 Å². The fourth-order valence-electron chi connectivity index (χ4n) is 3.56. The number of halogens is 4. The third-order valence-corrected chi connectivity index (χ3v) is 5.13. The van der Waals surface area contributed by atoms with Gasteiger partial charge in [-0.05, 0) is 44.5 Å². The highest BCUT2D eigenvalue weighted by Crippen LogP contribution is 2.29. The molecule has 2 amide bonds. The summed E-state index contributed by atoms with van der Waals surface area (Å²) in [5.41, 5.74) is -1.95. The van der Waals surface area contributed by atoms with Crippen LogP contribution >= 0.6 is 0 Å². The molecule has 0 unspecified atom stereocenters. The van der Waals surface area contributed by atoms with Crippen molar-refractivity contribution >= 4 is 18.0 Å². The van der Waals surface area contributed by atoms with Crippen molar-refractivity contribution in [2.24, 2.45) is 0 Å². The van der Waals surface area contributed by atoms with Crippen LogP contribution in [0.4, 0.5) is 22.4 Å². The number of likely N-dealkylation sites (tertiary alicyclic amines) is 1. The minimum absolute atomic E-state index is 0.0171. The molecule has 3 rings (SSSR count). The van der Waals surface area contributed by atoms with Crippen molar-refractivity contribution in [1.29, 1.82) is 0 Å². The summed E-state index contributed by atoms with van der Waals surface area (Å²) in [6.45, 7) is 4.65. The van der Waals surface area contributed by atoms with Gasteiger partial charge >= 0.3 is 18.2 Å². The monoisotopic (exact) mass is 512 g/mol. The normalized spacial score (nSPS) is 18.1. The summed E-state index contributed by atoms with van der Waals surface area (Å²) in [5.74, 6) is -2.07. The van der Waals surface area contributed by atoms with E-state index in [0.29, 0.717) is 0 Å². The Hall–Kier alpha value is -3.77. The number of carboxylic acid groups (broad SMARTS) is 1. The molecule has 1 fully saturated rings. The van der Waals surface area contributed by atoms with Crippen LogP contribution in [0.15, 0.2) is 30.6 Å². The second-order valence-corrected chi connectivity index (χ2v) is 9.19. The van der Waals surface area contributed by atoms with Gasteiger partial charge in [0.05, 0.1) is 24.2 Å². The highest BCUT2D eigenvalue weighted by molar-refractivity contribution is 5.92. The van der Waals surface area contributed by atoms with Crippen molar-refractivity contribution in [3.63, 3.8) is 0 Å². The number of amides is 2. The molecule has 0 radical (unpaired) electrons. The van der Waals surface area contributed by atoms with E-state index in [1.807, 2.05) is 0 Å². The molecule has 2 aromatic rings. The number of alkyl halides is 4. The van der Waals surface area contributed by atoms with Crippen LogP contribution in [0.5, 0.6) is 0 Å². The largest absolute Gasteiger partial charge is 0.478 e. The van der Waals surface area contributed by atoms with Gasteiger partial charge in [-0.25, -0.2) is 14.0 Å². The van der Waals surface area contributed by atoms with Crippen LogP contribution in [0.2, 0.25) is 0 Å². The number of aromatic carboxylic acids is 1. The molecule has 3 heterocycles. The maximum Gasteiger partial charge on any atom is 0.433 e. The minimum Gasteiger partial charge on any atom is -0.478 e. The van der Waals surface area contributed by atoms with Crippen molar-refractivity contribution in [2.75, 3.05) is 6.54 Å². The van der Waals surface area contributed by atoms with Gasteiger partial charge in [-0.1, -0.05) is 0 Å². The number of nitrogens with one attached hydrogen (secondary N) is 1. The predicted octanol–water partition coefficient (Wildman–Crippen LogP) is 3.82. The van der Waals surface area contributed by atoms with E-state index in [-0.39, 0.29) is 35.3 Å². The predicted molar refractivity (Wildman–Crippen MR) is 118 cm³/mol. The summed E-state index contributed by atoms with van der Waals surface area (Å²) in [5, 5.41) is 12.0. The van der Waals surface area contributed by atoms with Gasteiger partial charge in [0.25, 0.3) is 0 Å². The second kappa shape index (κ2) is 10.1. The van der Waals surface area contributed by atoms with E-state index in [2.05, 4.69) is 15.3 Å². The van der Waals surface area contributed by atoms with Crippen LogP contribution in [0.1, 0.15) is 48.8 Å². The molecule has 0 saturated carbocycles. The summed E-state index contributed by atoms with van der Waals surface area (Å²) >= 11 is 0. The van der Waals surface area contributed by atoms with E-state index >= 15 is 0 Å². The quantitative estimate of drug-likeness (QED) is 0.584. The lowest BCUT2D eigenvalue weighted by Gasteiger charge is -2.28. The number of hydrogen-bond acceptors (Lipinski definition) is 6. The number of rotatable bonds is 5. The average molecular weight is 512 g/mol. The number of carbonyl (C=O) groups is 3. The zero-order chi connectivity index (χ0) is 26.8. The van der Waals surface area contributed by atoms with E-state index in [4.69, 9.17) is 4.74 Å². The third-order valence-electron chi connectivity index (χ3n) is 5.13. The molecule has 13 heteroatoms. The molecule has 0 spiro atoms. The van der Waals surface area contributed by atoms with Crippen LogP contribution in [0.3, 0.4) is 0 Å². The van der Waals surface area contributed by atoms with Crippen molar-refractivity contribution in [3.05, 3.63) is 47.4 Å². The molecule has 0 bridgehead atoms. The molecular formula is C23H24F4N4O5. The first-order valence-electron chi connectivity index (χ1n) is 10.8. The summed E-state index contributed by atoms with van der Waals surface area (Å²) < 4.78 is 57.6. The summed E-state index contributed by atoms with van der Waals surface area (Å²) in [7, 11) is 0. The van der Waals surface area contributed by atoms with Gasteiger partial charge in [0, 0.05) is 24.4 Å². The maximum atomic E-state index is 14.0. The van der Waals surface area contributed by atoms with Gasteiger partial charge in [-0.15, -0.1) is 0 Å². The van der Waals surface area contributed by atoms with Crippen molar-refractivity contribution in [3.8, 4) is 11.3 Å². The van der Waals surface area contributed by atoms with Gasteiger partial charge in [-0.3, -0.25) is 19.7 Å². The molecule has 0 aromatic carbocycles. The summed E-state index contributed by atoms with van der Waals surface area (Å²) in [4.78, 5) is 45.2. The topological polar surface area (TPSA) is 122 Å². The first-order valence-corrected chi connectivity index (χ1v) is 10.8. The van der Waals surface area contributed by atoms with Crippen LogP contribution in [-0.4, -0.2) is 62.4 Å². The highest BCUT2D eigenvalue weighted by Gasteiger charge is 2.38. The Bertz CT molecular complexity index is 1150. The van der Waals surface area contributed by atoms with Gasteiger partial charge in [-0.2, -0.15) is 13.2 Å². The van der Waals surface area contributed by atoms with E-state index < -0.39 is 54.2 Å². The van der Waals surface area contributed by atoms with Crippen LogP contribution < -0.4 is 5.32 Å². The second-order valence-electron chi connectivity index (χ2n) is 9.19. The van der Waals surface area contributed by atoms with E-state index in [9.17, 15) is 37.1 Å². The lowest BCUT2D eigenvalue weighted by atomic mass is 10.0. The first kappa shape index (κ1) is 26.8. The highest BCUT2D eigenvalue weighted by atomic mass is 19.4. The van der Waals surface area contributed by atoms with Crippen molar-refractivity contribution in [1.82, 2.24) is 20.2 Å². The van der Waals surface area contributed by atoms with Crippen LogP contribution in [0.25, 0.3) is 11.3 Å². The molecule has 194 valence electrons. The first-order chi connectivity index (χ1) is 16.6. The number of ether oxygens (including phenoxy) is 1. The molecule has 9 nitrogen and oxygen atoms in total. The summed E-state index contributed by atoms with van der Waals surface area (Å²) in [6, 6.07) is 3.14. The van der Waals surface area contributed by atoms with Gasteiger partial charge in [0.15, 0.2) is 0 Å². The smallest absolute Gasteiger partial charge is 0.433 e. The molecule has 2 atom stereocenters. The lowest BCUT2D eigenvalue weighted by Crippen LogP contribution is -2.49. The zero-order valence-corrected chi connectivity index (χ0v) is 19.6. The van der Waals surface area contributed by atoms with Crippen molar-refractivity contribution in [2.45, 2.75) is 57.7 Å². The molecular weight excluding hydrogens is 488 g/mol. The van der Waals surface area contributed by atoms with Crippen LogP contribution in [-0.2, 0) is 22.1 Å². The molecule has 2 N–H and O–H groups in total. The Labute approximate surface area is 203 Å². The molecule has 0 aliphatic carbocycles. The fourth-order valence-corrected chi connectivity index (χ4v) is 3.56. The molecule has 1 aliphatic rings. The maximum absolute atomic E-state index is 14.0. The van der Waals surface area contributed by atoms with Gasteiger partial charge in [0.2, 0.25) is 5.91 Å². The van der Waals surface area contributed by atoms with E-state index in [0.717, 1.165) is 29.4 Å². The fraction of sp³-hybridized carbons (Fsp3) is 0.435. The van der Waals surface area contributed by atoms with Crippen LogP contribution in [0, 0.1) is 0 Å². The third kappa shape index (κ3) is 6.67. The minimum atomic E-state index is -4.63. The Morgan fingerprint density at radius 3 is 2.42 bits per heavy atom. The lowest BCUT2D eigenvalue weighted by molar-refractivity contribution is -0.141. The SMILES string of the molecule is CC(C)(C)OC(=O)N1C[C@H](F)C[C@H]1NC(=O)Cc1cc(-c2ccc(C(F)(F)F)nc2)ncc1C(=O)O. The molecule has 2 aromatic heterocycles. The molecule has 1 aliphatic heterocycles. The zero-order valence-electron chi connectivity index (χ0n) is 19.6. The van der Waals surface area contributed by atoms with E-state index in [1.165, 1.54) is 6.07 Å². The Morgan fingerprint density at radius 1 is 1.17 bits per heavy atom. The number of pyridine rings is 2. The number of nitrogens with zero attached hydrogens (tertiary/aromatic N) is 3. The number of carbonyl (C=O) groups excluding carboxylic acids is 2. The Morgan fingerprint density at radius 2 is 1.86 bits per heavy atom. The number of aromatic nitrogens is 2. The Balaban J connectivity index is 1.80. The van der Waals surface area contributed by atoms with Gasteiger partial charge < -0.3 is 15.2 Å².